The van der Waals surface area contributed by atoms with Crippen molar-refractivity contribution < 1.29 is 9.47 Å². The molecule has 116 valence electrons. The third-order valence-electron chi connectivity index (χ3n) is 3.75. The fourth-order valence-electron chi connectivity index (χ4n) is 2.35. The molecule has 0 aromatic rings. The van der Waals surface area contributed by atoms with Crippen LogP contribution in [-0.4, -0.2) is 76.1 Å². The molecule has 0 aromatic carbocycles. The zero-order valence-corrected chi connectivity index (χ0v) is 13.6. The Morgan fingerprint density at radius 2 is 1.74 bits per heavy atom. The lowest BCUT2D eigenvalue weighted by molar-refractivity contribution is -0.128. The van der Waals surface area contributed by atoms with Gasteiger partial charge in [0.2, 0.25) is 0 Å². The van der Waals surface area contributed by atoms with E-state index in [9.17, 15) is 0 Å². The van der Waals surface area contributed by atoms with Crippen LogP contribution in [0.5, 0.6) is 0 Å². The molecule has 0 bridgehead atoms. The molecule has 0 heterocycles. The van der Waals surface area contributed by atoms with E-state index in [2.05, 4.69) is 37.7 Å². The molecular weight excluding hydrogens is 242 g/mol. The topological polar surface area (TPSA) is 51.0 Å². The van der Waals surface area contributed by atoms with Crippen LogP contribution < -0.4 is 5.73 Å². The number of methoxy groups -OCH3 is 2. The predicted molar refractivity (Wildman–Crippen MR) is 80.3 cm³/mol. The summed E-state index contributed by atoms with van der Waals surface area (Å²) < 4.78 is 10.6. The number of nitrogens with two attached hydrogens (primary N) is 1. The van der Waals surface area contributed by atoms with Crippen LogP contribution in [0.25, 0.3) is 0 Å². The largest absolute Gasteiger partial charge is 0.356 e. The van der Waals surface area contributed by atoms with Crippen molar-refractivity contribution in [3.63, 3.8) is 0 Å². The van der Waals surface area contributed by atoms with Gasteiger partial charge in [0.25, 0.3) is 0 Å². The Kier molecular flexibility index (Phi) is 9.56. The van der Waals surface area contributed by atoms with Crippen molar-refractivity contribution in [3.05, 3.63) is 0 Å². The average molecular weight is 275 g/mol. The quantitative estimate of drug-likeness (QED) is 0.570. The molecule has 19 heavy (non-hydrogen) atoms. The van der Waals surface area contributed by atoms with E-state index in [1.54, 1.807) is 14.2 Å². The Morgan fingerprint density at radius 3 is 2.11 bits per heavy atom. The summed E-state index contributed by atoms with van der Waals surface area (Å²) in [6.07, 6.45) is 1.73. The maximum atomic E-state index is 6.01. The number of hydrogen-bond donors (Lipinski definition) is 1. The molecule has 0 saturated heterocycles. The Hall–Kier alpha value is -0.200. The highest BCUT2D eigenvalue weighted by molar-refractivity contribution is 4.88. The summed E-state index contributed by atoms with van der Waals surface area (Å²) in [5, 5.41) is 0. The lowest BCUT2D eigenvalue weighted by Gasteiger charge is -2.41. The normalized spacial score (nSPS) is 15.5. The summed E-state index contributed by atoms with van der Waals surface area (Å²) in [6.45, 7) is 8.10. The van der Waals surface area contributed by atoms with E-state index in [-0.39, 0.29) is 11.8 Å². The van der Waals surface area contributed by atoms with Gasteiger partial charge in [-0.05, 0) is 47.1 Å². The lowest BCUT2D eigenvalue weighted by atomic mass is 9.94. The first-order chi connectivity index (χ1) is 8.93. The van der Waals surface area contributed by atoms with Gasteiger partial charge in [-0.3, -0.25) is 4.90 Å². The van der Waals surface area contributed by atoms with E-state index >= 15 is 0 Å². The minimum atomic E-state index is -0.198. The van der Waals surface area contributed by atoms with Crippen LogP contribution in [0.15, 0.2) is 0 Å². The van der Waals surface area contributed by atoms with Gasteiger partial charge in [0.05, 0.1) is 0 Å². The molecule has 0 aliphatic rings. The van der Waals surface area contributed by atoms with E-state index in [4.69, 9.17) is 15.2 Å². The zero-order valence-electron chi connectivity index (χ0n) is 13.6. The van der Waals surface area contributed by atoms with E-state index in [0.717, 1.165) is 32.5 Å². The number of rotatable bonds is 11. The van der Waals surface area contributed by atoms with Crippen molar-refractivity contribution in [1.82, 2.24) is 9.80 Å². The zero-order chi connectivity index (χ0) is 14.9. The molecule has 0 fully saturated rings. The van der Waals surface area contributed by atoms with E-state index in [1.165, 1.54) is 0 Å². The smallest absolute Gasteiger partial charge is 0.158 e. The van der Waals surface area contributed by atoms with E-state index in [1.807, 2.05) is 0 Å². The van der Waals surface area contributed by atoms with Crippen molar-refractivity contribution in [2.24, 2.45) is 5.73 Å². The molecule has 0 spiro atoms. The fourth-order valence-corrected chi connectivity index (χ4v) is 2.35. The average Bonchev–Trinajstić information content (AvgIpc) is 2.40. The lowest BCUT2D eigenvalue weighted by Crippen LogP contribution is -2.54. The molecule has 5 heteroatoms. The van der Waals surface area contributed by atoms with Crippen LogP contribution >= 0.6 is 0 Å². The van der Waals surface area contributed by atoms with Gasteiger partial charge in [-0.15, -0.1) is 0 Å². The molecule has 1 unspecified atom stereocenters. The first-order valence-corrected chi connectivity index (χ1v) is 7.09. The second-order valence-electron chi connectivity index (χ2n) is 5.54. The molecule has 5 nitrogen and oxygen atoms in total. The first kappa shape index (κ1) is 18.8. The number of nitrogens with zero attached hydrogens (tertiary/aromatic N) is 2. The third kappa shape index (κ3) is 6.68. The van der Waals surface area contributed by atoms with E-state index in [0.29, 0.717) is 6.54 Å². The summed E-state index contributed by atoms with van der Waals surface area (Å²) in [5.41, 5.74) is 5.92. The van der Waals surface area contributed by atoms with E-state index < -0.39 is 0 Å². The molecular formula is C14H33N3O2. The monoisotopic (exact) mass is 275 g/mol. The van der Waals surface area contributed by atoms with Gasteiger partial charge in [0.15, 0.2) is 6.29 Å². The second-order valence-corrected chi connectivity index (χ2v) is 5.54. The summed E-state index contributed by atoms with van der Waals surface area (Å²) in [4.78, 5) is 4.64. The van der Waals surface area contributed by atoms with Crippen LogP contribution in [0.4, 0.5) is 0 Å². The van der Waals surface area contributed by atoms with Crippen LogP contribution in [0, 0.1) is 0 Å². The minimum Gasteiger partial charge on any atom is -0.356 e. The molecule has 1 atom stereocenters. The molecule has 0 rings (SSSR count). The number of hydrogen-bond acceptors (Lipinski definition) is 5. The molecule has 2 N–H and O–H groups in total. The van der Waals surface area contributed by atoms with Crippen molar-refractivity contribution >= 4 is 0 Å². The number of ether oxygens (including phenoxy) is 2. The van der Waals surface area contributed by atoms with Crippen LogP contribution in [-0.2, 0) is 9.47 Å². The van der Waals surface area contributed by atoms with Crippen molar-refractivity contribution in [2.45, 2.75) is 38.5 Å². The van der Waals surface area contributed by atoms with Crippen molar-refractivity contribution in [2.75, 3.05) is 54.5 Å². The standard InChI is InChI=1S/C14H33N3O2/c1-7-17(10-8-9-16(3)4)14(2,12-15)11-13(18-5)19-6/h13H,7-12,15H2,1-6H3. The molecule has 0 aliphatic carbocycles. The van der Waals surface area contributed by atoms with Gasteiger partial charge in [0, 0.05) is 32.7 Å². The summed E-state index contributed by atoms with van der Waals surface area (Å²) >= 11 is 0. The van der Waals surface area contributed by atoms with Gasteiger partial charge in [-0.1, -0.05) is 6.92 Å². The Labute approximate surface area is 119 Å². The van der Waals surface area contributed by atoms with Gasteiger partial charge in [-0.25, -0.2) is 0 Å². The highest BCUT2D eigenvalue weighted by Crippen LogP contribution is 2.22. The Balaban J connectivity index is 4.55. The van der Waals surface area contributed by atoms with Gasteiger partial charge >= 0.3 is 0 Å². The molecule has 0 radical (unpaired) electrons. The SMILES string of the molecule is CCN(CCCN(C)C)C(C)(CN)CC(OC)OC. The Bertz CT molecular complexity index is 223. The minimum absolute atomic E-state index is 0.0856. The highest BCUT2D eigenvalue weighted by Gasteiger charge is 2.32. The van der Waals surface area contributed by atoms with Gasteiger partial charge in [-0.2, -0.15) is 0 Å². The highest BCUT2D eigenvalue weighted by atomic mass is 16.7. The second kappa shape index (κ2) is 9.66. The Morgan fingerprint density at radius 1 is 1.16 bits per heavy atom. The van der Waals surface area contributed by atoms with Crippen LogP contribution in [0.1, 0.15) is 26.7 Å². The van der Waals surface area contributed by atoms with Crippen LogP contribution in [0.3, 0.4) is 0 Å². The summed E-state index contributed by atoms with van der Waals surface area (Å²) in [6, 6.07) is 0. The van der Waals surface area contributed by atoms with Crippen molar-refractivity contribution in [3.8, 4) is 0 Å². The molecule has 0 amide bonds. The summed E-state index contributed by atoms with van der Waals surface area (Å²) in [5.74, 6) is 0. The third-order valence-corrected chi connectivity index (χ3v) is 3.75. The summed E-state index contributed by atoms with van der Waals surface area (Å²) in [7, 11) is 7.55. The maximum absolute atomic E-state index is 6.01. The maximum Gasteiger partial charge on any atom is 0.158 e. The molecule has 0 saturated carbocycles. The van der Waals surface area contributed by atoms with Gasteiger partial charge < -0.3 is 20.1 Å². The molecule has 0 aliphatic heterocycles. The predicted octanol–water partition coefficient (Wildman–Crippen LogP) is 0.986. The molecule has 0 aromatic heterocycles. The van der Waals surface area contributed by atoms with Gasteiger partial charge in [0.1, 0.15) is 0 Å². The number of likely N-dealkylation sites (N-methyl/N-ethyl adjacent to an activating group) is 1. The van der Waals surface area contributed by atoms with Crippen LogP contribution in [0.2, 0.25) is 0 Å². The van der Waals surface area contributed by atoms with Crippen molar-refractivity contribution in [1.29, 1.82) is 0 Å². The first-order valence-electron chi connectivity index (χ1n) is 7.09. The fraction of sp³-hybridized carbons (Fsp3) is 1.00.